The monoisotopic (exact) mass is 220 g/mol. The third-order valence-electron chi connectivity index (χ3n) is 3.91. The van der Waals surface area contributed by atoms with Gasteiger partial charge in [0.2, 0.25) is 0 Å². The normalized spacial score (nSPS) is 29.4. The summed E-state index contributed by atoms with van der Waals surface area (Å²) in [5.74, 6) is 0.599. The van der Waals surface area contributed by atoms with Crippen LogP contribution in [0.3, 0.4) is 0 Å². The third kappa shape index (κ3) is 1.11. The van der Waals surface area contributed by atoms with Crippen molar-refractivity contribution in [2.24, 2.45) is 11.0 Å². The summed E-state index contributed by atoms with van der Waals surface area (Å²) < 4.78 is 0. The molecule has 1 N–H and O–H groups in total. The van der Waals surface area contributed by atoms with Gasteiger partial charge in [-0.05, 0) is 25.7 Å². The molecule has 0 radical (unpaired) electrons. The van der Waals surface area contributed by atoms with Gasteiger partial charge in [0.25, 0.3) is 5.91 Å². The number of allylic oxidation sites excluding steroid dienone is 1. The first-order chi connectivity index (χ1) is 7.70. The quantitative estimate of drug-likeness (QED) is 0.706. The molecular formula is C11H16N4O. The number of hydrogen-bond donors (Lipinski definition) is 1. The lowest BCUT2D eigenvalue weighted by atomic mass is 9.82. The largest absolute Gasteiger partial charge is 0.354 e. The van der Waals surface area contributed by atoms with Crippen LogP contribution in [0.5, 0.6) is 0 Å². The highest BCUT2D eigenvalue weighted by Crippen LogP contribution is 2.40. The van der Waals surface area contributed by atoms with Crippen LogP contribution >= 0.6 is 0 Å². The van der Waals surface area contributed by atoms with Crippen LogP contribution in [0.25, 0.3) is 0 Å². The molecule has 2 heterocycles. The highest BCUT2D eigenvalue weighted by molar-refractivity contribution is 6.01. The molecule has 1 saturated carbocycles. The fourth-order valence-electron chi connectivity index (χ4n) is 2.69. The van der Waals surface area contributed by atoms with Gasteiger partial charge < -0.3 is 10.2 Å². The molecular weight excluding hydrogens is 204 g/mol. The molecule has 86 valence electrons. The molecule has 3 rings (SSSR count). The average Bonchev–Trinajstić information content (AvgIpc) is 2.42. The van der Waals surface area contributed by atoms with Gasteiger partial charge in [0.05, 0.1) is 0 Å². The Morgan fingerprint density at radius 3 is 2.88 bits per heavy atom. The van der Waals surface area contributed by atoms with Crippen molar-refractivity contribution in [2.75, 3.05) is 7.05 Å². The number of amides is 1. The maximum atomic E-state index is 11.8. The molecule has 0 aromatic heterocycles. The molecule has 0 bridgehead atoms. The van der Waals surface area contributed by atoms with Crippen LogP contribution in [0, 0.1) is 5.92 Å². The first-order valence-corrected chi connectivity index (χ1v) is 5.76. The van der Waals surface area contributed by atoms with Gasteiger partial charge in [-0.1, -0.05) is 6.42 Å². The van der Waals surface area contributed by atoms with E-state index in [9.17, 15) is 4.79 Å². The van der Waals surface area contributed by atoms with Gasteiger partial charge >= 0.3 is 0 Å². The number of nitrogens with one attached hydrogen (secondary N) is 1. The van der Waals surface area contributed by atoms with Gasteiger partial charge in [0.15, 0.2) is 0 Å². The zero-order valence-corrected chi connectivity index (χ0v) is 9.60. The van der Waals surface area contributed by atoms with E-state index in [0.717, 1.165) is 5.70 Å². The molecule has 1 amide bonds. The van der Waals surface area contributed by atoms with Crippen molar-refractivity contribution in [3.63, 3.8) is 0 Å². The summed E-state index contributed by atoms with van der Waals surface area (Å²) >= 11 is 0. The second-order valence-electron chi connectivity index (χ2n) is 4.71. The van der Waals surface area contributed by atoms with E-state index in [2.05, 4.69) is 15.3 Å². The van der Waals surface area contributed by atoms with Crippen molar-refractivity contribution in [2.45, 2.75) is 32.4 Å². The molecule has 3 aliphatic rings. The van der Waals surface area contributed by atoms with Gasteiger partial charge in [-0.15, -0.1) is 0 Å². The molecule has 0 saturated heterocycles. The average molecular weight is 220 g/mol. The molecule has 0 aromatic rings. The summed E-state index contributed by atoms with van der Waals surface area (Å²) in [7, 11) is 2.05. The number of carbonyl (C=O) groups is 1. The summed E-state index contributed by atoms with van der Waals surface area (Å²) in [5.41, 5.74) is 1.73. The summed E-state index contributed by atoms with van der Waals surface area (Å²) in [5, 5.41) is 8.83. The Kier molecular flexibility index (Phi) is 1.96. The first-order valence-electron chi connectivity index (χ1n) is 5.76. The van der Waals surface area contributed by atoms with Gasteiger partial charge in [-0.3, -0.25) is 4.79 Å². The van der Waals surface area contributed by atoms with Crippen molar-refractivity contribution >= 4 is 12.2 Å². The Morgan fingerprint density at radius 2 is 2.25 bits per heavy atom. The van der Waals surface area contributed by atoms with Crippen LogP contribution in [0.15, 0.2) is 16.5 Å². The standard InChI is InChI=1S/C11H16N4O/c1-7-9-10(16)12-6-13-15(9)11(14(7)2)8-4-3-5-8/h6,8,11H,3-5H2,1-2H3,(H,12,13,16). The van der Waals surface area contributed by atoms with Gasteiger partial charge in [0, 0.05) is 12.7 Å². The minimum absolute atomic E-state index is 0.0406. The summed E-state index contributed by atoms with van der Waals surface area (Å²) in [4.78, 5) is 14.0. The van der Waals surface area contributed by atoms with E-state index < -0.39 is 0 Å². The summed E-state index contributed by atoms with van der Waals surface area (Å²) in [6.45, 7) is 1.99. The third-order valence-corrected chi connectivity index (χ3v) is 3.91. The van der Waals surface area contributed by atoms with E-state index in [1.54, 1.807) is 0 Å². The van der Waals surface area contributed by atoms with Crippen molar-refractivity contribution in [3.05, 3.63) is 11.4 Å². The van der Waals surface area contributed by atoms with Crippen LogP contribution in [-0.4, -0.2) is 35.4 Å². The second-order valence-corrected chi connectivity index (χ2v) is 4.71. The Balaban J connectivity index is 1.97. The Morgan fingerprint density at radius 1 is 1.50 bits per heavy atom. The fourth-order valence-corrected chi connectivity index (χ4v) is 2.69. The van der Waals surface area contributed by atoms with Crippen molar-refractivity contribution in [3.8, 4) is 0 Å². The van der Waals surface area contributed by atoms with E-state index >= 15 is 0 Å². The molecule has 1 unspecified atom stereocenters. The van der Waals surface area contributed by atoms with E-state index in [1.807, 2.05) is 19.0 Å². The first kappa shape index (κ1) is 9.69. The molecule has 16 heavy (non-hydrogen) atoms. The lowest BCUT2D eigenvalue weighted by molar-refractivity contribution is -0.118. The zero-order valence-electron chi connectivity index (χ0n) is 9.60. The number of hydrazone groups is 1. The van der Waals surface area contributed by atoms with E-state index in [1.165, 1.54) is 25.6 Å². The van der Waals surface area contributed by atoms with Crippen LogP contribution in [0.1, 0.15) is 26.2 Å². The molecule has 0 spiro atoms. The van der Waals surface area contributed by atoms with Crippen LogP contribution in [-0.2, 0) is 4.79 Å². The Hall–Kier alpha value is -1.52. The maximum absolute atomic E-state index is 11.8. The SMILES string of the molecule is CC1=C2C(=O)NC=NN2C(C2CCC2)N1C. The highest BCUT2D eigenvalue weighted by Gasteiger charge is 2.44. The number of fused-ring (bicyclic) bond motifs is 1. The van der Waals surface area contributed by atoms with Crippen LogP contribution in [0.2, 0.25) is 0 Å². The molecule has 5 heteroatoms. The minimum Gasteiger partial charge on any atom is -0.354 e. The highest BCUT2D eigenvalue weighted by atomic mass is 16.2. The van der Waals surface area contributed by atoms with Crippen molar-refractivity contribution in [1.29, 1.82) is 0 Å². The Bertz CT molecular complexity index is 397. The molecule has 5 nitrogen and oxygen atoms in total. The summed E-state index contributed by atoms with van der Waals surface area (Å²) in [6.07, 6.45) is 5.51. The second kappa shape index (κ2) is 3.23. The lowest BCUT2D eigenvalue weighted by Crippen LogP contribution is -2.47. The topological polar surface area (TPSA) is 47.9 Å². The number of nitrogens with zero attached hydrogens (tertiary/aromatic N) is 3. The Labute approximate surface area is 94.8 Å². The zero-order chi connectivity index (χ0) is 11.3. The van der Waals surface area contributed by atoms with E-state index in [0.29, 0.717) is 11.6 Å². The van der Waals surface area contributed by atoms with Crippen molar-refractivity contribution in [1.82, 2.24) is 15.2 Å². The van der Waals surface area contributed by atoms with E-state index in [4.69, 9.17) is 0 Å². The predicted octanol–water partition coefficient (Wildman–Crippen LogP) is 0.665. The number of hydrogen-bond acceptors (Lipinski definition) is 4. The minimum atomic E-state index is -0.0406. The van der Waals surface area contributed by atoms with Gasteiger partial charge in [-0.2, -0.15) is 5.10 Å². The molecule has 1 fully saturated rings. The predicted molar refractivity (Wildman–Crippen MR) is 60.1 cm³/mol. The summed E-state index contributed by atoms with van der Waals surface area (Å²) in [6, 6.07) is 0. The lowest BCUT2D eigenvalue weighted by Gasteiger charge is -2.40. The molecule has 2 aliphatic heterocycles. The number of rotatable bonds is 1. The molecule has 0 aromatic carbocycles. The fraction of sp³-hybridized carbons (Fsp3) is 0.636. The molecule has 1 atom stereocenters. The maximum Gasteiger partial charge on any atom is 0.276 e. The van der Waals surface area contributed by atoms with Crippen LogP contribution < -0.4 is 5.32 Å². The molecule has 1 aliphatic carbocycles. The number of carbonyl (C=O) groups excluding carboxylic acids is 1. The smallest absolute Gasteiger partial charge is 0.276 e. The van der Waals surface area contributed by atoms with Crippen molar-refractivity contribution < 1.29 is 4.79 Å². The van der Waals surface area contributed by atoms with Gasteiger partial charge in [0.1, 0.15) is 18.2 Å². The van der Waals surface area contributed by atoms with Crippen LogP contribution in [0.4, 0.5) is 0 Å². The van der Waals surface area contributed by atoms with E-state index in [-0.39, 0.29) is 12.1 Å². The van der Waals surface area contributed by atoms with Gasteiger partial charge in [-0.25, -0.2) is 5.01 Å².